The van der Waals surface area contributed by atoms with Gasteiger partial charge in [0.15, 0.2) is 0 Å². The molecule has 1 aliphatic rings. The minimum absolute atomic E-state index is 0.216. The van der Waals surface area contributed by atoms with Crippen LogP contribution in [0.25, 0.3) is 0 Å². The van der Waals surface area contributed by atoms with Gasteiger partial charge < -0.3 is 15.0 Å². The van der Waals surface area contributed by atoms with E-state index in [1.807, 2.05) is 18.4 Å². The molecule has 0 bridgehead atoms. The second-order valence-electron chi connectivity index (χ2n) is 7.90. The summed E-state index contributed by atoms with van der Waals surface area (Å²) < 4.78 is 18.4. The number of benzene rings is 2. The predicted octanol–water partition coefficient (Wildman–Crippen LogP) is 4.61. The molecule has 1 N–H and O–H groups in total. The summed E-state index contributed by atoms with van der Waals surface area (Å²) in [7, 11) is 1.50. The third kappa shape index (κ3) is 4.94. The first-order chi connectivity index (χ1) is 16.4. The maximum atomic E-state index is 13.4. The van der Waals surface area contributed by atoms with Crippen molar-refractivity contribution in [1.29, 1.82) is 0 Å². The Labute approximate surface area is 200 Å². The molecule has 7 nitrogen and oxygen atoms in total. The van der Waals surface area contributed by atoms with Crippen LogP contribution in [0.3, 0.4) is 0 Å². The Morgan fingerprint density at radius 1 is 1.15 bits per heavy atom. The van der Waals surface area contributed by atoms with E-state index in [2.05, 4.69) is 5.32 Å². The number of carbonyl (C=O) groups excluding carboxylic acids is 3. The average Bonchev–Trinajstić information content (AvgIpc) is 3.34. The third-order valence-corrected chi connectivity index (χ3v) is 6.77. The number of nitrogens with zero attached hydrogens (tertiary/aromatic N) is 2. The zero-order valence-electron chi connectivity index (χ0n) is 18.8. The smallest absolute Gasteiger partial charge is 0.332 e. The fraction of sp³-hybridized carbons (Fsp3) is 0.240. The standard InChI is InChI=1S/C25H24FN3O4S/c1-16-11-13-34-22(16)10-12-28-21(15-23(30)27-18-8-6-17(26)7-9-18)24(31)29(25(28)32)19-4-3-5-20(14-19)33-2/h3-9,11,13-14,21H,10,12,15H2,1-2H3,(H,27,30)/t21-/m1/s1. The van der Waals surface area contributed by atoms with Gasteiger partial charge in [0.05, 0.1) is 19.2 Å². The summed E-state index contributed by atoms with van der Waals surface area (Å²) >= 11 is 1.59. The van der Waals surface area contributed by atoms with E-state index in [1.165, 1.54) is 36.3 Å². The number of hydrogen-bond acceptors (Lipinski definition) is 5. The molecule has 2 aromatic carbocycles. The largest absolute Gasteiger partial charge is 0.497 e. The normalized spacial score (nSPS) is 15.7. The minimum Gasteiger partial charge on any atom is -0.497 e. The number of aryl methyl sites for hydroxylation is 1. The number of nitrogens with one attached hydrogen (secondary N) is 1. The van der Waals surface area contributed by atoms with Gasteiger partial charge in [-0.1, -0.05) is 6.07 Å². The van der Waals surface area contributed by atoms with Crippen LogP contribution in [-0.2, 0) is 16.0 Å². The number of anilines is 2. The number of ether oxygens (including phenoxy) is 1. The molecule has 1 aliphatic heterocycles. The van der Waals surface area contributed by atoms with Crippen LogP contribution in [0.4, 0.5) is 20.6 Å². The van der Waals surface area contributed by atoms with E-state index in [4.69, 9.17) is 4.74 Å². The summed E-state index contributed by atoms with van der Waals surface area (Å²) in [6.45, 7) is 2.29. The molecule has 2 heterocycles. The highest BCUT2D eigenvalue weighted by Gasteiger charge is 2.46. The molecule has 34 heavy (non-hydrogen) atoms. The van der Waals surface area contributed by atoms with Gasteiger partial charge >= 0.3 is 6.03 Å². The van der Waals surface area contributed by atoms with E-state index in [0.29, 0.717) is 30.1 Å². The Bertz CT molecular complexity index is 1210. The zero-order chi connectivity index (χ0) is 24.2. The summed E-state index contributed by atoms with van der Waals surface area (Å²) in [6.07, 6.45) is 0.358. The lowest BCUT2D eigenvalue weighted by molar-refractivity contribution is -0.124. The van der Waals surface area contributed by atoms with Crippen molar-refractivity contribution in [3.63, 3.8) is 0 Å². The van der Waals surface area contributed by atoms with E-state index in [0.717, 1.165) is 15.3 Å². The number of rotatable bonds is 8. The number of urea groups is 1. The summed E-state index contributed by atoms with van der Waals surface area (Å²) in [5.74, 6) is -0.826. The Morgan fingerprint density at radius 2 is 1.91 bits per heavy atom. The van der Waals surface area contributed by atoms with Crippen LogP contribution in [0.15, 0.2) is 60.0 Å². The number of imide groups is 1. The van der Waals surface area contributed by atoms with Crippen molar-refractivity contribution in [1.82, 2.24) is 4.90 Å². The molecule has 0 aliphatic carbocycles. The molecule has 0 unspecified atom stereocenters. The molecule has 3 aromatic rings. The fourth-order valence-corrected chi connectivity index (χ4v) is 4.78. The van der Waals surface area contributed by atoms with Crippen molar-refractivity contribution in [2.45, 2.75) is 25.8 Å². The van der Waals surface area contributed by atoms with Gasteiger partial charge in [0, 0.05) is 23.2 Å². The minimum atomic E-state index is -0.959. The number of halogens is 1. The number of amides is 4. The van der Waals surface area contributed by atoms with Crippen LogP contribution in [0.2, 0.25) is 0 Å². The first kappa shape index (κ1) is 23.4. The summed E-state index contributed by atoms with van der Waals surface area (Å²) in [5.41, 5.74) is 1.92. The van der Waals surface area contributed by atoms with Crippen molar-refractivity contribution >= 4 is 40.6 Å². The second-order valence-corrected chi connectivity index (χ2v) is 8.90. The lowest BCUT2D eigenvalue weighted by Crippen LogP contribution is -2.39. The van der Waals surface area contributed by atoms with Gasteiger partial charge in [-0.3, -0.25) is 9.59 Å². The molecule has 0 saturated carbocycles. The van der Waals surface area contributed by atoms with E-state index >= 15 is 0 Å². The molecule has 1 fully saturated rings. The van der Waals surface area contributed by atoms with Gasteiger partial charge in [0.25, 0.3) is 5.91 Å². The summed E-state index contributed by atoms with van der Waals surface area (Å²) in [5, 5.41) is 4.66. The highest BCUT2D eigenvalue weighted by Crippen LogP contribution is 2.30. The summed E-state index contributed by atoms with van der Waals surface area (Å²) in [4.78, 5) is 43.2. The molecule has 0 radical (unpaired) electrons. The Morgan fingerprint density at radius 3 is 2.59 bits per heavy atom. The average molecular weight is 482 g/mol. The van der Waals surface area contributed by atoms with Crippen molar-refractivity contribution in [2.24, 2.45) is 0 Å². The number of thiophene rings is 1. The van der Waals surface area contributed by atoms with Crippen molar-refractivity contribution in [3.05, 3.63) is 76.2 Å². The molecule has 0 spiro atoms. The van der Waals surface area contributed by atoms with Gasteiger partial charge in [-0.05, 0) is 66.8 Å². The first-order valence-corrected chi connectivity index (χ1v) is 11.6. The maximum Gasteiger partial charge on any atom is 0.332 e. The van der Waals surface area contributed by atoms with E-state index in [-0.39, 0.29) is 6.42 Å². The highest BCUT2D eigenvalue weighted by molar-refractivity contribution is 7.10. The van der Waals surface area contributed by atoms with Crippen LogP contribution in [0, 0.1) is 12.7 Å². The third-order valence-electron chi connectivity index (χ3n) is 5.68. The second kappa shape index (κ2) is 10.0. The predicted molar refractivity (Wildman–Crippen MR) is 129 cm³/mol. The highest BCUT2D eigenvalue weighted by atomic mass is 32.1. The molecule has 9 heteroatoms. The van der Waals surface area contributed by atoms with Crippen molar-refractivity contribution in [2.75, 3.05) is 23.9 Å². The van der Waals surface area contributed by atoms with Gasteiger partial charge in [-0.15, -0.1) is 11.3 Å². The van der Waals surface area contributed by atoms with Crippen LogP contribution in [0.1, 0.15) is 16.9 Å². The van der Waals surface area contributed by atoms with Gasteiger partial charge in [0.1, 0.15) is 17.6 Å². The van der Waals surface area contributed by atoms with Crippen LogP contribution >= 0.6 is 11.3 Å². The van der Waals surface area contributed by atoms with Gasteiger partial charge in [0.2, 0.25) is 5.91 Å². The maximum absolute atomic E-state index is 13.4. The van der Waals surface area contributed by atoms with Crippen LogP contribution in [-0.4, -0.2) is 42.4 Å². The molecular formula is C25H24FN3O4S. The summed E-state index contributed by atoms with van der Waals surface area (Å²) in [6, 6.07) is 12.6. The van der Waals surface area contributed by atoms with E-state index < -0.39 is 29.7 Å². The van der Waals surface area contributed by atoms with Gasteiger partial charge in [-0.2, -0.15) is 0 Å². The van der Waals surface area contributed by atoms with E-state index in [9.17, 15) is 18.8 Å². The van der Waals surface area contributed by atoms with E-state index in [1.54, 1.807) is 35.6 Å². The van der Waals surface area contributed by atoms with Crippen LogP contribution in [0.5, 0.6) is 5.75 Å². The van der Waals surface area contributed by atoms with Crippen molar-refractivity contribution < 1.29 is 23.5 Å². The number of methoxy groups -OCH3 is 1. The molecule has 1 saturated heterocycles. The Hall–Kier alpha value is -3.72. The molecule has 4 rings (SSSR count). The molecule has 1 aromatic heterocycles. The van der Waals surface area contributed by atoms with Crippen LogP contribution < -0.4 is 15.0 Å². The first-order valence-electron chi connectivity index (χ1n) is 10.7. The quantitative estimate of drug-likeness (QED) is 0.477. The molecular weight excluding hydrogens is 457 g/mol. The number of carbonyl (C=O) groups is 3. The van der Waals surface area contributed by atoms with Gasteiger partial charge in [-0.25, -0.2) is 14.1 Å². The topological polar surface area (TPSA) is 79.0 Å². The zero-order valence-corrected chi connectivity index (χ0v) is 19.6. The SMILES string of the molecule is COc1cccc(N2C(=O)[C@@H](CC(=O)Nc3ccc(F)cc3)N(CCc3sccc3C)C2=O)c1. The number of hydrogen-bond donors (Lipinski definition) is 1. The Kier molecular flexibility index (Phi) is 6.93. The molecule has 176 valence electrons. The molecule has 4 amide bonds. The lowest BCUT2D eigenvalue weighted by Gasteiger charge is -2.21. The lowest BCUT2D eigenvalue weighted by atomic mass is 10.1. The Balaban J connectivity index is 1.57. The monoisotopic (exact) mass is 481 g/mol. The molecule has 1 atom stereocenters. The fourth-order valence-electron chi connectivity index (χ4n) is 3.88. The van der Waals surface area contributed by atoms with Crippen molar-refractivity contribution in [3.8, 4) is 5.75 Å².